The molecular weight excluding hydrogens is 218 g/mol. The van der Waals surface area contributed by atoms with E-state index in [-0.39, 0.29) is 21.7 Å². The molecule has 1 aliphatic heterocycles. The number of likely N-dealkylation sites (N-methyl/N-ethyl adjacent to an activating group) is 1. The smallest absolute Gasteiger partial charge is 0.361 e. The second kappa shape index (κ2) is 4.37. The van der Waals surface area contributed by atoms with Gasteiger partial charge in [-0.15, -0.1) is 4.59 Å². The van der Waals surface area contributed by atoms with Gasteiger partial charge in [-0.25, -0.2) is 4.79 Å². The molecule has 1 rings (SSSR count). The summed E-state index contributed by atoms with van der Waals surface area (Å²) in [6.45, 7) is 9.52. The fraction of sp³-hybridized carbons (Fsp3) is 0.636. The van der Waals surface area contributed by atoms with E-state index in [1.54, 1.807) is 14.1 Å². The van der Waals surface area contributed by atoms with Crippen molar-refractivity contribution in [1.82, 2.24) is 5.32 Å². The fourth-order valence-electron chi connectivity index (χ4n) is 1.24. The lowest BCUT2D eigenvalue weighted by molar-refractivity contribution is -0.824. The quantitative estimate of drug-likeness (QED) is 0.597. The molecule has 0 atom stereocenters. The van der Waals surface area contributed by atoms with E-state index in [0.29, 0.717) is 5.82 Å². The third-order valence-corrected chi connectivity index (χ3v) is 2.79. The van der Waals surface area contributed by atoms with Gasteiger partial charge in [-0.1, -0.05) is 12.0 Å². The maximum atomic E-state index is 12.0. The van der Waals surface area contributed by atoms with Gasteiger partial charge in [0.25, 0.3) is 0 Å². The molecule has 1 amide bonds. The first-order valence-electron chi connectivity index (χ1n) is 5.55. The number of hydrogen-bond donors (Lipinski definition) is 1. The number of carbonyl (C=O) groups is 1. The van der Waals surface area contributed by atoms with Gasteiger partial charge < -0.3 is 5.32 Å². The molecule has 0 spiro atoms. The monoisotopic (exact) mass is 238 g/mol. The Morgan fingerprint density at radius 3 is 2.53 bits per heavy atom. The van der Waals surface area contributed by atoms with Crippen molar-refractivity contribution in [2.45, 2.75) is 32.7 Å². The summed E-state index contributed by atoms with van der Waals surface area (Å²) < 4.78 is -0.188. The zero-order valence-electron chi connectivity index (χ0n) is 11.1. The van der Waals surface area contributed by atoms with Crippen molar-refractivity contribution >= 4 is 12.6 Å². The molecule has 17 heavy (non-hydrogen) atoms. The van der Waals surface area contributed by atoms with Crippen molar-refractivity contribution in [1.29, 1.82) is 0 Å². The van der Waals surface area contributed by atoms with E-state index in [1.807, 2.05) is 13.8 Å². The van der Waals surface area contributed by atoms with Crippen molar-refractivity contribution in [3.8, 4) is 0 Å². The molecule has 0 saturated carbocycles. The molecule has 0 radical (unpaired) electrons. The first kappa shape index (κ1) is 13.5. The van der Waals surface area contributed by atoms with Gasteiger partial charge >= 0.3 is 5.91 Å². The maximum absolute atomic E-state index is 12.0. The number of carbonyl (C=O) groups excluding carboxylic acids is 1. The average molecular weight is 238 g/mol. The molecule has 1 heterocycles. The average Bonchev–Trinajstić information content (AvgIpc) is 2.24. The molecule has 0 unspecified atom stereocenters. The Kier molecular flexibility index (Phi) is 3.47. The predicted octanol–water partition coefficient (Wildman–Crippen LogP) is 1.62. The highest BCUT2D eigenvalue weighted by Gasteiger charge is 2.38. The van der Waals surface area contributed by atoms with Crippen LogP contribution in [0.4, 0.5) is 0 Å². The fourth-order valence-corrected chi connectivity index (χ4v) is 1.24. The lowest BCUT2D eigenvalue weighted by atomic mass is 10.0. The summed E-state index contributed by atoms with van der Waals surface area (Å²) in [4.78, 5) is 15.8. The molecule has 0 aromatic carbocycles. The van der Waals surface area contributed by atoms with Gasteiger partial charge in [0.05, 0.1) is 0 Å². The first-order chi connectivity index (χ1) is 7.73. The summed E-state index contributed by atoms with van der Waals surface area (Å²) in [5, 5.41) is 11.1. The van der Waals surface area contributed by atoms with E-state index in [9.17, 15) is 4.79 Å². The third-order valence-electron chi connectivity index (χ3n) is 2.79. The summed E-state index contributed by atoms with van der Waals surface area (Å²) in [5.74, 6) is 0.179. The minimum absolute atomic E-state index is 0.168. The van der Waals surface area contributed by atoms with E-state index >= 15 is 0 Å². The molecule has 0 aromatic heterocycles. The van der Waals surface area contributed by atoms with Crippen LogP contribution in [0, 0.1) is 0 Å². The molecule has 0 aliphatic carbocycles. The highest BCUT2D eigenvalue weighted by molar-refractivity contribution is 5.89. The number of hydrogen-bond acceptors (Lipinski definition) is 5. The molecular formula is C11H20N5O+. The highest BCUT2D eigenvalue weighted by Crippen LogP contribution is 2.22. The number of nitrogens with one attached hydrogen (secondary N) is 1. The SMILES string of the molecule is C=NC1=C(NC(C)(C)CC)N=N[N+](C)(C)C1=O. The summed E-state index contributed by atoms with van der Waals surface area (Å²) in [7, 11) is 3.30. The zero-order valence-corrected chi connectivity index (χ0v) is 11.1. The lowest BCUT2D eigenvalue weighted by Crippen LogP contribution is -2.46. The van der Waals surface area contributed by atoms with Crippen LogP contribution >= 0.6 is 0 Å². The highest BCUT2D eigenvalue weighted by atomic mass is 16.2. The Balaban J connectivity index is 3.11. The summed E-state index contributed by atoms with van der Waals surface area (Å²) in [6.07, 6.45) is 0.892. The standard InChI is InChI=1S/C11H19N5O/c1-7-11(2,3)13-9-8(12-4)10(17)16(5,6)15-14-9/h4,7H2,1-3,5-6H3/p+1. The molecule has 6 nitrogen and oxygen atoms in total. The molecule has 0 fully saturated rings. The van der Waals surface area contributed by atoms with Crippen LogP contribution in [-0.4, -0.2) is 36.9 Å². The Labute approximate surface area is 102 Å². The van der Waals surface area contributed by atoms with Gasteiger partial charge in [0.2, 0.25) is 5.70 Å². The predicted molar refractivity (Wildman–Crippen MR) is 66.1 cm³/mol. The van der Waals surface area contributed by atoms with Gasteiger partial charge in [0, 0.05) is 10.8 Å². The number of quaternary nitrogens is 1. The molecule has 0 bridgehead atoms. The van der Waals surface area contributed by atoms with Crippen LogP contribution in [0.15, 0.2) is 26.8 Å². The number of nitrogens with zero attached hydrogens (tertiary/aromatic N) is 4. The molecule has 1 N–H and O–H groups in total. The maximum Gasteiger partial charge on any atom is 0.395 e. The van der Waals surface area contributed by atoms with Crippen LogP contribution in [0.5, 0.6) is 0 Å². The Morgan fingerprint density at radius 1 is 1.47 bits per heavy atom. The van der Waals surface area contributed by atoms with Crippen LogP contribution in [0.1, 0.15) is 27.2 Å². The molecule has 6 heteroatoms. The largest absolute Gasteiger partial charge is 0.395 e. The van der Waals surface area contributed by atoms with Crippen LogP contribution in [0.25, 0.3) is 0 Å². The number of amides is 1. The van der Waals surface area contributed by atoms with E-state index in [4.69, 9.17) is 0 Å². The summed E-state index contributed by atoms with van der Waals surface area (Å²) >= 11 is 0. The van der Waals surface area contributed by atoms with Crippen LogP contribution < -0.4 is 5.32 Å². The van der Waals surface area contributed by atoms with Crippen molar-refractivity contribution in [2.75, 3.05) is 14.1 Å². The minimum Gasteiger partial charge on any atom is -0.361 e. The van der Waals surface area contributed by atoms with Gasteiger partial charge in [-0.3, -0.25) is 4.99 Å². The molecule has 1 aliphatic rings. The van der Waals surface area contributed by atoms with Gasteiger partial charge in [-0.2, -0.15) is 0 Å². The Bertz CT molecular complexity index is 406. The second-order valence-corrected chi connectivity index (χ2v) is 5.11. The van der Waals surface area contributed by atoms with Crippen molar-refractivity contribution in [2.24, 2.45) is 15.3 Å². The molecule has 94 valence electrons. The van der Waals surface area contributed by atoms with Crippen LogP contribution in [-0.2, 0) is 4.79 Å². The zero-order chi connectivity index (χ0) is 13.3. The van der Waals surface area contributed by atoms with Crippen molar-refractivity contribution in [3.05, 3.63) is 11.5 Å². The summed E-state index contributed by atoms with van der Waals surface area (Å²) in [5.41, 5.74) is 0.0745. The first-order valence-corrected chi connectivity index (χ1v) is 5.55. The van der Waals surface area contributed by atoms with Crippen LogP contribution in [0.3, 0.4) is 0 Å². The van der Waals surface area contributed by atoms with E-state index < -0.39 is 0 Å². The van der Waals surface area contributed by atoms with Gasteiger partial charge in [0.15, 0.2) is 5.82 Å². The third kappa shape index (κ3) is 2.76. The number of rotatable bonds is 4. The lowest BCUT2D eigenvalue weighted by Gasteiger charge is -2.28. The number of aliphatic imine (C=N–C) groups is 1. The second-order valence-electron chi connectivity index (χ2n) is 5.11. The summed E-state index contributed by atoms with van der Waals surface area (Å²) in [6, 6.07) is 0. The van der Waals surface area contributed by atoms with Gasteiger partial charge in [-0.05, 0) is 27.0 Å². The Hall–Kier alpha value is -1.56. The van der Waals surface area contributed by atoms with Crippen LogP contribution in [0.2, 0.25) is 0 Å². The van der Waals surface area contributed by atoms with E-state index in [2.05, 4.69) is 34.3 Å². The minimum atomic E-state index is -0.218. The van der Waals surface area contributed by atoms with Gasteiger partial charge in [0.1, 0.15) is 14.1 Å². The van der Waals surface area contributed by atoms with Crippen molar-refractivity contribution < 1.29 is 9.39 Å². The Morgan fingerprint density at radius 2 is 2.06 bits per heavy atom. The molecule has 0 aromatic rings. The van der Waals surface area contributed by atoms with E-state index in [0.717, 1.165) is 6.42 Å². The molecule has 0 saturated heterocycles. The van der Waals surface area contributed by atoms with Crippen molar-refractivity contribution in [3.63, 3.8) is 0 Å². The normalized spacial score (nSPS) is 19.5. The topological polar surface area (TPSA) is 66.2 Å². The van der Waals surface area contributed by atoms with E-state index in [1.165, 1.54) is 0 Å².